The quantitative estimate of drug-likeness (QED) is 0.823. The van der Waals surface area contributed by atoms with Gasteiger partial charge in [0, 0.05) is 12.2 Å². The second kappa shape index (κ2) is 8.68. The normalized spacial score (nSPS) is 10.0. The van der Waals surface area contributed by atoms with Crippen LogP contribution in [-0.2, 0) is 6.42 Å². The maximum atomic E-state index is 11.8. The fourth-order valence-corrected chi connectivity index (χ4v) is 2.09. The molecule has 0 bridgehead atoms. The monoisotopic (exact) mass is 314 g/mol. The van der Waals surface area contributed by atoms with Crippen molar-refractivity contribution in [3.63, 3.8) is 0 Å². The molecule has 2 aromatic rings. The summed E-state index contributed by atoms with van der Waals surface area (Å²) >= 11 is 0. The highest BCUT2D eigenvalue weighted by Gasteiger charge is 2.02. The Balaban J connectivity index is 1.73. The first-order chi connectivity index (χ1) is 11.2. The lowest BCUT2D eigenvalue weighted by Gasteiger charge is -2.09. The topological polar surface area (TPSA) is 59.6 Å². The van der Waals surface area contributed by atoms with Crippen molar-refractivity contribution in [2.24, 2.45) is 0 Å². The largest absolute Gasteiger partial charge is 0.497 e. The summed E-state index contributed by atoms with van der Waals surface area (Å²) in [4.78, 5) is 11.8. The number of hydrogen-bond acceptors (Lipinski definition) is 3. The molecule has 2 aromatic carbocycles. The fraction of sp³-hybridized carbons (Fsp3) is 0.278. The molecule has 0 aliphatic heterocycles. The van der Waals surface area contributed by atoms with Crippen LogP contribution in [0.15, 0.2) is 48.5 Å². The van der Waals surface area contributed by atoms with Gasteiger partial charge < -0.3 is 20.1 Å². The molecule has 122 valence electrons. The van der Waals surface area contributed by atoms with Crippen molar-refractivity contribution in [2.75, 3.05) is 25.6 Å². The summed E-state index contributed by atoms with van der Waals surface area (Å²) in [6.07, 6.45) is 0.765. The van der Waals surface area contributed by atoms with E-state index in [1.807, 2.05) is 55.5 Å². The van der Waals surface area contributed by atoms with Gasteiger partial charge in [0.2, 0.25) is 0 Å². The highest BCUT2D eigenvalue weighted by Crippen LogP contribution is 2.15. The lowest BCUT2D eigenvalue weighted by Crippen LogP contribution is -2.30. The number of amides is 2. The van der Waals surface area contributed by atoms with Gasteiger partial charge in [0.25, 0.3) is 0 Å². The van der Waals surface area contributed by atoms with Crippen LogP contribution in [0.25, 0.3) is 0 Å². The van der Waals surface area contributed by atoms with E-state index in [4.69, 9.17) is 9.47 Å². The standard InChI is InChI=1S/C18H22N2O3/c1-3-23-17-10-6-15(7-11-17)20-18(21)19-13-12-14-4-8-16(22-2)9-5-14/h4-11H,3,12-13H2,1-2H3,(H2,19,20,21). The van der Waals surface area contributed by atoms with Crippen LogP contribution in [0, 0.1) is 0 Å². The molecule has 5 nitrogen and oxygen atoms in total. The molecule has 0 unspecified atom stereocenters. The van der Waals surface area contributed by atoms with Crippen molar-refractivity contribution < 1.29 is 14.3 Å². The van der Waals surface area contributed by atoms with Gasteiger partial charge in [0.05, 0.1) is 13.7 Å². The summed E-state index contributed by atoms with van der Waals surface area (Å²) in [5.74, 6) is 1.62. The molecule has 0 heterocycles. The van der Waals surface area contributed by atoms with Crippen LogP contribution in [0.4, 0.5) is 10.5 Å². The number of hydrogen-bond donors (Lipinski definition) is 2. The van der Waals surface area contributed by atoms with E-state index in [9.17, 15) is 4.79 Å². The predicted octanol–water partition coefficient (Wildman–Crippen LogP) is 3.46. The van der Waals surface area contributed by atoms with Crippen LogP contribution < -0.4 is 20.1 Å². The Bertz CT molecular complexity index is 609. The molecular formula is C18H22N2O3. The van der Waals surface area contributed by atoms with E-state index in [0.717, 1.165) is 29.2 Å². The number of urea groups is 1. The zero-order chi connectivity index (χ0) is 16.5. The number of methoxy groups -OCH3 is 1. The van der Waals surface area contributed by atoms with Gasteiger partial charge in [-0.05, 0) is 55.3 Å². The summed E-state index contributed by atoms with van der Waals surface area (Å²) in [6.45, 7) is 3.12. The molecule has 0 saturated carbocycles. The highest BCUT2D eigenvalue weighted by molar-refractivity contribution is 5.89. The summed E-state index contributed by atoms with van der Waals surface area (Å²) in [7, 11) is 1.64. The third-order valence-corrected chi connectivity index (χ3v) is 3.28. The molecule has 0 aromatic heterocycles. The van der Waals surface area contributed by atoms with E-state index < -0.39 is 0 Å². The minimum atomic E-state index is -0.220. The molecule has 5 heteroatoms. The second-order valence-electron chi connectivity index (χ2n) is 4.94. The van der Waals surface area contributed by atoms with Crippen LogP contribution in [-0.4, -0.2) is 26.3 Å². The minimum Gasteiger partial charge on any atom is -0.497 e. The second-order valence-corrected chi connectivity index (χ2v) is 4.94. The van der Waals surface area contributed by atoms with Crippen LogP contribution in [0.1, 0.15) is 12.5 Å². The Morgan fingerprint density at radius 3 is 2.26 bits per heavy atom. The van der Waals surface area contributed by atoms with Gasteiger partial charge in [0.1, 0.15) is 11.5 Å². The molecule has 2 N–H and O–H groups in total. The Hall–Kier alpha value is -2.69. The van der Waals surface area contributed by atoms with Crippen LogP contribution in [0.2, 0.25) is 0 Å². The number of rotatable bonds is 7. The van der Waals surface area contributed by atoms with E-state index >= 15 is 0 Å². The molecule has 0 aliphatic rings. The number of carbonyl (C=O) groups is 1. The SMILES string of the molecule is CCOc1ccc(NC(=O)NCCc2ccc(OC)cc2)cc1. The molecule has 0 radical (unpaired) electrons. The summed E-state index contributed by atoms with van der Waals surface area (Å²) in [5.41, 5.74) is 1.88. The number of ether oxygens (including phenoxy) is 2. The van der Waals surface area contributed by atoms with E-state index in [1.54, 1.807) is 7.11 Å². The Morgan fingerprint density at radius 2 is 1.65 bits per heavy atom. The van der Waals surface area contributed by atoms with Gasteiger partial charge in [0.15, 0.2) is 0 Å². The molecule has 0 saturated heterocycles. The first-order valence-electron chi connectivity index (χ1n) is 7.62. The van der Waals surface area contributed by atoms with Crippen molar-refractivity contribution in [3.8, 4) is 11.5 Å². The number of benzene rings is 2. The Morgan fingerprint density at radius 1 is 1.00 bits per heavy atom. The summed E-state index contributed by atoms with van der Waals surface area (Å²) in [5, 5.41) is 5.63. The van der Waals surface area contributed by atoms with Gasteiger partial charge in [-0.2, -0.15) is 0 Å². The Labute approximate surface area is 136 Å². The number of carbonyl (C=O) groups excluding carboxylic acids is 1. The van der Waals surface area contributed by atoms with Crippen molar-refractivity contribution in [2.45, 2.75) is 13.3 Å². The third-order valence-electron chi connectivity index (χ3n) is 3.28. The maximum Gasteiger partial charge on any atom is 0.319 e. The van der Waals surface area contributed by atoms with Gasteiger partial charge in [-0.25, -0.2) is 4.79 Å². The Kier molecular flexibility index (Phi) is 6.29. The first-order valence-corrected chi connectivity index (χ1v) is 7.62. The number of anilines is 1. The lowest BCUT2D eigenvalue weighted by atomic mass is 10.1. The molecule has 0 atom stereocenters. The van der Waals surface area contributed by atoms with Crippen molar-refractivity contribution in [1.29, 1.82) is 0 Å². The van der Waals surface area contributed by atoms with Crippen molar-refractivity contribution >= 4 is 11.7 Å². The third kappa shape index (κ3) is 5.54. The lowest BCUT2D eigenvalue weighted by molar-refractivity contribution is 0.252. The molecule has 2 amide bonds. The van der Waals surface area contributed by atoms with Crippen LogP contribution >= 0.6 is 0 Å². The minimum absolute atomic E-state index is 0.220. The van der Waals surface area contributed by atoms with Gasteiger partial charge >= 0.3 is 6.03 Å². The van der Waals surface area contributed by atoms with Crippen LogP contribution in [0.5, 0.6) is 11.5 Å². The summed E-state index contributed by atoms with van der Waals surface area (Å²) < 4.78 is 10.5. The number of nitrogens with one attached hydrogen (secondary N) is 2. The molecule has 0 aliphatic carbocycles. The smallest absolute Gasteiger partial charge is 0.319 e. The summed E-state index contributed by atoms with van der Waals surface area (Å²) in [6, 6.07) is 14.9. The van der Waals surface area contributed by atoms with Crippen molar-refractivity contribution in [1.82, 2.24) is 5.32 Å². The maximum absolute atomic E-state index is 11.8. The molecule has 0 spiro atoms. The zero-order valence-electron chi connectivity index (χ0n) is 13.5. The molecule has 0 fully saturated rings. The fourth-order valence-electron chi connectivity index (χ4n) is 2.09. The van der Waals surface area contributed by atoms with E-state index in [0.29, 0.717) is 13.2 Å². The van der Waals surface area contributed by atoms with E-state index in [-0.39, 0.29) is 6.03 Å². The molecule has 23 heavy (non-hydrogen) atoms. The van der Waals surface area contributed by atoms with Gasteiger partial charge in [-0.3, -0.25) is 0 Å². The zero-order valence-corrected chi connectivity index (χ0v) is 13.5. The predicted molar refractivity (Wildman–Crippen MR) is 91.3 cm³/mol. The van der Waals surface area contributed by atoms with Crippen molar-refractivity contribution in [3.05, 3.63) is 54.1 Å². The molecular weight excluding hydrogens is 292 g/mol. The van der Waals surface area contributed by atoms with Crippen LogP contribution in [0.3, 0.4) is 0 Å². The van der Waals surface area contributed by atoms with Gasteiger partial charge in [-0.1, -0.05) is 12.1 Å². The highest BCUT2D eigenvalue weighted by atomic mass is 16.5. The average Bonchev–Trinajstić information content (AvgIpc) is 2.57. The molecule has 2 rings (SSSR count). The van der Waals surface area contributed by atoms with E-state index in [1.165, 1.54) is 0 Å². The average molecular weight is 314 g/mol. The van der Waals surface area contributed by atoms with Gasteiger partial charge in [-0.15, -0.1) is 0 Å². The first kappa shape index (κ1) is 16.7. The van der Waals surface area contributed by atoms with E-state index in [2.05, 4.69) is 10.6 Å².